The number of rotatable bonds is 13. The van der Waals surface area contributed by atoms with E-state index in [0.29, 0.717) is 43.9 Å². The number of amides is 1. The maximum absolute atomic E-state index is 13.7. The highest BCUT2D eigenvalue weighted by molar-refractivity contribution is 6.32. The van der Waals surface area contributed by atoms with Crippen LogP contribution in [0, 0.1) is 0 Å². The summed E-state index contributed by atoms with van der Waals surface area (Å²) in [5.41, 5.74) is 3.04. The molecular formula is C37H40ClF3N2O2. The van der Waals surface area contributed by atoms with E-state index in [1.54, 1.807) is 6.07 Å². The van der Waals surface area contributed by atoms with Gasteiger partial charge in [0.05, 0.1) is 23.6 Å². The van der Waals surface area contributed by atoms with Gasteiger partial charge in [-0.25, -0.2) is 0 Å². The number of allylic oxidation sites excluding steroid dienone is 3. The maximum Gasteiger partial charge on any atom is 0.417 e. The number of benzene rings is 3. The van der Waals surface area contributed by atoms with E-state index in [0.717, 1.165) is 50.4 Å². The van der Waals surface area contributed by atoms with E-state index in [-0.39, 0.29) is 23.4 Å². The van der Waals surface area contributed by atoms with Crippen LogP contribution in [0.3, 0.4) is 0 Å². The van der Waals surface area contributed by atoms with Crippen molar-refractivity contribution in [2.45, 2.75) is 57.2 Å². The standard InChI is InChI=1S/C37H40ClF3N2O2/c38-36-31(17-10-19-34(36)37(39,40)41)26-42(27-33(29-13-3-1-4-14-29)30-15-5-2-6-16-30)20-11-23-45-32-18-9-12-28(24-32)25-35(44)43-21-7-8-22-43/h1-5,9-10,12-15,17-19,24,33H,6-8,11,16,20-23,25-27H2. The lowest BCUT2D eigenvalue weighted by Gasteiger charge is -2.31. The van der Waals surface area contributed by atoms with E-state index in [1.165, 1.54) is 17.2 Å². The summed E-state index contributed by atoms with van der Waals surface area (Å²) in [4.78, 5) is 16.7. The van der Waals surface area contributed by atoms with Crippen molar-refractivity contribution in [3.05, 3.63) is 124 Å². The molecule has 8 heteroatoms. The topological polar surface area (TPSA) is 32.8 Å². The predicted octanol–water partition coefficient (Wildman–Crippen LogP) is 8.86. The highest BCUT2D eigenvalue weighted by Gasteiger charge is 2.34. The van der Waals surface area contributed by atoms with Crippen LogP contribution < -0.4 is 4.74 Å². The van der Waals surface area contributed by atoms with Crippen LogP contribution in [0.25, 0.3) is 0 Å². The molecule has 0 radical (unpaired) electrons. The monoisotopic (exact) mass is 636 g/mol. The Labute approximate surface area is 269 Å². The summed E-state index contributed by atoms with van der Waals surface area (Å²) < 4.78 is 47.1. The third-order valence-corrected chi connectivity index (χ3v) is 8.96. The Kier molecular flexibility index (Phi) is 11.4. The van der Waals surface area contributed by atoms with Crippen LogP contribution in [0.2, 0.25) is 5.02 Å². The van der Waals surface area contributed by atoms with Gasteiger partial charge in [-0.05, 0) is 67.0 Å². The minimum Gasteiger partial charge on any atom is -0.494 e. The van der Waals surface area contributed by atoms with E-state index in [2.05, 4.69) is 35.3 Å². The Balaban J connectivity index is 1.29. The number of hydrogen-bond acceptors (Lipinski definition) is 3. The molecule has 1 heterocycles. The van der Waals surface area contributed by atoms with Gasteiger partial charge in [-0.1, -0.05) is 90.0 Å². The molecule has 5 rings (SSSR count). The van der Waals surface area contributed by atoms with Crippen LogP contribution in [-0.4, -0.2) is 48.5 Å². The first-order valence-electron chi connectivity index (χ1n) is 15.7. The molecule has 3 aromatic carbocycles. The first-order chi connectivity index (χ1) is 21.8. The van der Waals surface area contributed by atoms with E-state index in [1.807, 2.05) is 47.4 Å². The summed E-state index contributed by atoms with van der Waals surface area (Å²) in [6.07, 6.45) is 6.93. The quantitative estimate of drug-likeness (QED) is 0.176. The minimum atomic E-state index is -4.52. The van der Waals surface area contributed by atoms with Gasteiger partial charge in [-0.2, -0.15) is 13.2 Å². The van der Waals surface area contributed by atoms with Gasteiger partial charge in [0.15, 0.2) is 0 Å². The molecule has 238 valence electrons. The number of carbonyl (C=O) groups excluding carboxylic acids is 1. The number of ether oxygens (including phenoxy) is 1. The van der Waals surface area contributed by atoms with Crippen LogP contribution >= 0.6 is 11.6 Å². The third-order valence-electron chi connectivity index (χ3n) is 8.51. The fraction of sp³-hybridized carbons (Fsp3) is 0.378. The second-order valence-electron chi connectivity index (χ2n) is 11.8. The summed E-state index contributed by atoms with van der Waals surface area (Å²) in [5.74, 6) is 0.937. The fourth-order valence-corrected chi connectivity index (χ4v) is 6.46. The molecule has 45 heavy (non-hydrogen) atoms. The van der Waals surface area contributed by atoms with E-state index in [9.17, 15) is 18.0 Å². The molecule has 3 aromatic rings. The second-order valence-corrected chi connectivity index (χ2v) is 12.2. The molecule has 1 aliphatic carbocycles. The zero-order valence-electron chi connectivity index (χ0n) is 25.4. The van der Waals surface area contributed by atoms with Crippen LogP contribution in [0.1, 0.15) is 60.3 Å². The van der Waals surface area contributed by atoms with E-state index < -0.39 is 11.7 Å². The molecule has 1 atom stereocenters. The Morgan fingerprint density at radius 3 is 2.51 bits per heavy atom. The van der Waals surface area contributed by atoms with Crippen molar-refractivity contribution < 1.29 is 22.7 Å². The highest BCUT2D eigenvalue weighted by Crippen LogP contribution is 2.37. The van der Waals surface area contributed by atoms with Crippen molar-refractivity contribution in [3.8, 4) is 5.75 Å². The Bertz CT molecular complexity index is 1480. The molecule has 2 aliphatic rings. The molecule has 1 saturated heterocycles. The van der Waals surface area contributed by atoms with Crippen LogP contribution in [-0.2, 0) is 23.9 Å². The van der Waals surface area contributed by atoms with E-state index >= 15 is 0 Å². The molecule has 0 spiro atoms. The fourth-order valence-electron chi connectivity index (χ4n) is 6.16. The number of halogens is 4. The first kappa shape index (κ1) is 32.8. The zero-order valence-corrected chi connectivity index (χ0v) is 26.2. The lowest BCUT2D eigenvalue weighted by molar-refractivity contribution is -0.137. The van der Waals surface area contributed by atoms with E-state index in [4.69, 9.17) is 16.3 Å². The number of alkyl halides is 3. The van der Waals surface area contributed by atoms with Crippen molar-refractivity contribution in [2.75, 3.05) is 32.8 Å². The summed E-state index contributed by atoms with van der Waals surface area (Å²) in [5, 5.41) is -0.248. The average molecular weight is 637 g/mol. The smallest absolute Gasteiger partial charge is 0.417 e. The van der Waals surface area contributed by atoms with Gasteiger partial charge in [-0.3, -0.25) is 9.69 Å². The molecular weight excluding hydrogens is 597 g/mol. The van der Waals surface area contributed by atoms with Gasteiger partial charge >= 0.3 is 6.18 Å². The third kappa shape index (κ3) is 9.24. The van der Waals surface area contributed by atoms with Crippen LogP contribution in [0.5, 0.6) is 5.75 Å². The molecule has 1 unspecified atom stereocenters. The minimum absolute atomic E-state index is 0.0893. The van der Waals surface area contributed by atoms with Crippen molar-refractivity contribution in [3.63, 3.8) is 0 Å². The van der Waals surface area contributed by atoms with Gasteiger partial charge in [0.25, 0.3) is 0 Å². The predicted molar refractivity (Wildman–Crippen MR) is 173 cm³/mol. The Morgan fingerprint density at radius 2 is 1.78 bits per heavy atom. The number of nitrogens with zero attached hydrogens (tertiary/aromatic N) is 2. The summed E-state index contributed by atoms with van der Waals surface area (Å²) in [7, 11) is 0. The number of carbonyl (C=O) groups is 1. The number of hydrogen-bond donors (Lipinski definition) is 0. The summed E-state index contributed by atoms with van der Waals surface area (Å²) >= 11 is 6.35. The molecule has 1 amide bonds. The SMILES string of the molecule is O=C(Cc1cccc(OCCCN(Cc2cccc(C(F)(F)F)c2Cl)CC(C2=CC=CCC2)c2ccccc2)c1)N1CCCC1. The maximum atomic E-state index is 13.7. The average Bonchev–Trinajstić information content (AvgIpc) is 3.59. The molecule has 0 saturated carbocycles. The van der Waals surface area contributed by atoms with Gasteiger partial charge in [0, 0.05) is 38.6 Å². The second kappa shape index (κ2) is 15.6. The first-order valence-corrected chi connectivity index (χ1v) is 16.1. The Morgan fingerprint density at radius 1 is 1.00 bits per heavy atom. The zero-order chi connectivity index (χ0) is 31.6. The lowest BCUT2D eigenvalue weighted by Crippen LogP contribution is -2.31. The van der Waals surface area contributed by atoms with Crippen molar-refractivity contribution >= 4 is 17.5 Å². The van der Waals surface area contributed by atoms with Crippen molar-refractivity contribution in [1.29, 1.82) is 0 Å². The normalized spacial score (nSPS) is 15.8. The molecule has 4 nitrogen and oxygen atoms in total. The molecule has 1 aliphatic heterocycles. The molecule has 1 fully saturated rings. The van der Waals surface area contributed by atoms with Gasteiger partial charge in [0.2, 0.25) is 5.91 Å². The van der Waals surface area contributed by atoms with Crippen LogP contribution in [0.15, 0.2) is 96.6 Å². The van der Waals surface area contributed by atoms with Gasteiger partial charge in [-0.15, -0.1) is 0 Å². The van der Waals surface area contributed by atoms with Crippen molar-refractivity contribution in [2.24, 2.45) is 0 Å². The van der Waals surface area contributed by atoms with Gasteiger partial charge in [0.1, 0.15) is 5.75 Å². The molecule has 0 aromatic heterocycles. The largest absolute Gasteiger partial charge is 0.494 e. The summed E-state index contributed by atoms with van der Waals surface area (Å²) in [6, 6.07) is 22.1. The highest BCUT2D eigenvalue weighted by atomic mass is 35.5. The number of likely N-dealkylation sites (tertiary alicyclic amines) is 1. The van der Waals surface area contributed by atoms with Crippen LogP contribution in [0.4, 0.5) is 13.2 Å². The molecule has 0 N–H and O–H groups in total. The Hall–Kier alpha value is -3.55. The lowest BCUT2D eigenvalue weighted by atomic mass is 9.86. The summed E-state index contributed by atoms with van der Waals surface area (Å²) in [6.45, 7) is 3.60. The van der Waals surface area contributed by atoms with Crippen molar-refractivity contribution in [1.82, 2.24) is 9.80 Å². The molecule has 0 bridgehead atoms. The van der Waals surface area contributed by atoms with Gasteiger partial charge < -0.3 is 9.64 Å².